The lowest BCUT2D eigenvalue weighted by molar-refractivity contribution is -0.137. The number of aliphatic carboxylic acids is 1. The number of hydrogen-bond acceptors (Lipinski definition) is 4. The lowest BCUT2D eigenvalue weighted by Crippen LogP contribution is -2.33. The number of carbonyl (C=O) groups excluding carboxylic acids is 1. The quantitative estimate of drug-likeness (QED) is 0.722. The van der Waals surface area contributed by atoms with E-state index >= 15 is 0 Å². The molecule has 0 bridgehead atoms. The van der Waals surface area contributed by atoms with E-state index < -0.39 is 17.9 Å². The maximum absolute atomic E-state index is 12.9. The van der Waals surface area contributed by atoms with Crippen molar-refractivity contribution < 1.29 is 14.7 Å². The second-order valence-electron chi connectivity index (χ2n) is 6.36. The molecule has 0 aliphatic heterocycles. The fourth-order valence-corrected chi connectivity index (χ4v) is 2.92. The van der Waals surface area contributed by atoms with E-state index in [1.165, 1.54) is 7.05 Å². The van der Waals surface area contributed by atoms with Gasteiger partial charge in [0.05, 0.1) is 17.8 Å². The first-order valence-corrected chi connectivity index (χ1v) is 8.42. The van der Waals surface area contributed by atoms with Gasteiger partial charge in [-0.3, -0.25) is 14.4 Å². The van der Waals surface area contributed by atoms with Crippen molar-refractivity contribution in [2.45, 2.75) is 19.4 Å². The van der Waals surface area contributed by atoms with E-state index in [4.69, 9.17) is 0 Å². The Morgan fingerprint density at radius 1 is 1.11 bits per heavy atom. The van der Waals surface area contributed by atoms with Crippen molar-refractivity contribution in [3.63, 3.8) is 0 Å². The Labute approximate surface area is 155 Å². The van der Waals surface area contributed by atoms with Gasteiger partial charge in [0.15, 0.2) is 5.69 Å². The van der Waals surface area contributed by atoms with Gasteiger partial charge in [0.2, 0.25) is 0 Å². The Kier molecular flexibility index (Phi) is 5.03. The molecule has 0 aliphatic carbocycles. The van der Waals surface area contributed by atoms with Crippen LogP contribution in [0.5, 0.6) is 0 Å². The fourth-order valence-electron chi connectivity index (χ4n) is 2.92. The molecule has 2 N–H and O–H groups in total. The highest BCUT2D eigenvalue weighted by Crippen LogP contribution is 2.20. The van der Waals surface area contributed by atoms with Gasteiger partial charge in [-0.1, -0.05) is 48.0 Å². The Bertz CT molecular complexity index is 1070. The van der Waals surface area contributed by atoms with Crippen LogP contribution in [-0.4, -0.2) is 26.8 Å². The molecule has 1 atom stereocenters. The zero-order valence-corrected chi connectivity index (χ0v) is 15.0. The summed E-state index contributed by atoms with van der Waals surface area (Å²) in [5, 5.41) is 16.9. The highest BCUT2D eigenvalue weighted by atomic mass is 16.4. The van der Waals surface area contributed by atoms with Crippen LogP contribution >= 0.6 is 0 Å². The van der Waals surface area contributed by atoms with Gasteiger partial charge in [0, 0.05) is 12.4 Å². The molecular formula is C20H19N3O4. The summed E-state index contributed by atoms with van der Waals surface area (Å²) in [6.45, 7) is 1.93. The number of rotatable bonds is 5. The molecule has 1 heterocycles. The number of carboxylic acid groups (broad SMARTS) is 1. The lowest BCUT2D eigenvalue weighted by Gasteiger charge is -2.18. The van der Waals surface area contributed by atoms with E-state index in [-0.39, 0.29) is 17.7 Å². The number of aromatic nitrogens is 2. The van der Waals surface area contributed by atoms with Crippen molar-refractivity contribution >= 4 is 22.6 Å². The summed E-state index contributed by atoms with van der Waals surface area (Å²) >= 11 is 0. The van der Waals surface area contributed by atoms with Gasteiger partial charge in [-0.05, 0) is 18.6 Å². The summed E-state index contributed by atoms with van der Waals surface area (Å²) in [7, 11) is 1.47. The van der Waals surface area contributed by atoms with Crippen molar-refractivity contribution in [3.05, 3.63) is 75.7 Å². The molecule has 1 aromatic heterocycles. The third-order valence-electron chi connectivity index (χ3n) is 4.34. The lowest BCUT2D eigenvalue weighted by atomic mass is 10.0. The maximum Gasteiger partial charge on any atom is 0.305 e. The SMILES string of the molecule is Cc1ccc(C(CC(=O)O)NC(=O)c2nn(C)c(=O)c3ccccc23)cc1. The molecule has 3 aromatic rings. The van der Waals surface area contributed by atoms with Crippen molar-refractivity contribution in [1.82, 2.24) is 15.1 Å². The van der Waals surface area contributed by atoms with Gasteiger partial charge in [-0.2, -0.15) is 5.10 Å². The molecule has 0 aliphatic rings. The van der Waals surface area contributed by atoms with Crippen LogP contribution in [0.3, 0.4) is 0 Å². The molecule has 7 heteroatoms. The summed E-state index contributed by atoms with van der Waals surface area (Å²) in [6.07, 6.45) is -0.265. The summed E-state index contributed by atoms with van der Waals surface area (Å²) in [6, 6.07) is 13.3. The van der Waals surface area contributed by atoms with E-state index in [0.717, 1.165) is 10.2 Å². The number of carboxylic acids is 1. The number of nitrogens with zero attached hydrogens (tertiary/aromatic N) is 2. The number of hydrogen-bond donors (Lipinski definition) is 2. The van der Waals surface area contributed by atoms with Gasteiger partial charge in [-0.15, -0.1) is 0 Å². The van der Waals surface area contributed by atoms with Gasteiger partial charge in [0.1, 0.15) is 0 Å². The van der Waals surface area contributed by atoms with Gasteiger partial charge in [0.25, 0.3) is 11.5 Å². The van der Waals surface area contributed by atoms with Gasteiger partial charge in [-0.25, -0.2) is 4.68 Å². The smallest absolute Gasteiger partial charge is 0.305 e. The Morgan fingerprint density at radius 2 is 1.74 bits per heavy atom. The van der Waals surface area contributed by atoms with Gasteiger partial charge >= 0.3 is 5.97 Å². The number of nitrogens with one attached hydrogen (secondary N) is 1. The third kappa shape index (κ3) is 3.87. The molecule has 0 saturated carbocycles. The van der Waals surface area contributed by atoms with Crippen molar-refractivity contribution in [3.8, 4) is 0 Å². The highest BCUT2D eigenvalue weighted by Gasteiger charge is 2.22. The van der Waals surface area contributed by atoms with Crippen molar-refractivity contribution in [1.29, 1.82) is 0 Å². The average molecular weight is 365 g/mol. The van der Waals surface area contributed by atoms with Crippen LogP contribution in [0.1, 0.15) is 34.1 Å². The molecule has 1 amide bonds. The standard InChI is InChI=1S/C20H19N3O4/c1-12-7-9-13(10-8-12)16(11-17(24)25)21-19(26)18-14-5-3-4-6-15(14)20(27)23(2)22-18/h3-10,16H,11H2,1-2H3,(H,21,26)(H,24,25). The second kappa shape index (κ2) is 7.41. The summed E-state index contributed by atoms with van der Waals surface area (Å²) < 4.78 is 1.11. The minimum Gasteiger partial charge on any atom is -0.481 e. The van der Waals surface area contributed by atoms with E-state index in [1.54, 1.807) is 36.4 Å². The number of aryl methyl sites for hydroxylation is 2. The van der Waals surface area contributed by atoms with Crippen LogP contribution in [0, 0.1) is 6.92 Å². The molecule has 27 heavy (non-hydrogen) atoms. The van der Waals surface area contributed by atoms with E-state index in [1.807, 2.05) is 19.1 Å². The third-order valence-corrected chi connectivity index (χ3v) is 4.34. The van der Waals surface area contributed by atoms with E-state index in [2.05, 4.69) is 10.4 Å². The largest absolute Gasteiger partial charge is 0.481 e. The molecule has 0 fully saturated rings. The Balaban J connectivity index is 2.00. The summed E-state index contributed by atoms with van der Waals surface area (Å²) in [5.74, 6) is -1.56. The van der Waals surface area contributed by atoms with Crippen LogP contribution in [0.15, 0.2) is 53.3 Å². The predicted molar refractivity (Wildman–Crippen MR) is 101 cm³/mol. The van der Waals surface area contributed by atoms with Crippen LogP contribution in [-0.2, 0) is 11.8 Å². The molecule has 138 valence electrons. The number of fused-ring (bicyclic) bond motifs is 1. The highest BCUT2D eigenvalue weighted by molar-refractivity contribution is 6.05. The molecule has 3 rings (SSSR count). The first-order valence-electron chi connectivity index (χ1n) is 8.42. The van der Waals surface area contributed by atoms with Gasteiger partial charge < -0.3 is 10.4 Å². The number of amides is 1. The zero-order valence-electron chi connectivity index (χ0n) is 15.0. The van der Waals surface area contributed by atoms with Crippen LogP contribution in [0.4, 0.5) is 0 Å². The normalized spacial score (nSPS) is 11.9. The number of carbonyl (C=O) groups is 2. The first kappa shape index (κ1) is 18.3. The van der Waals surface area contributed by atoms with E-state index in [9.17, 15) is 19.5 Å². The second-order valence-corrected chi connectivity index (χ2v) is 6.36. The minimum absolute atomic E-state index is 0.0789. The Morgan fingerprint density at radius 3 is 2.37 bits per heavy atom. The molecular weight excluding hydrogens is 346 g/mol. The zero-order chi connectivity index (χ0) is 19.6. The molecule has 2 aromatic carbocycles. The van der Waals surface area contributed by atoms with Crippen LogP contribution in [0.25, 0.3) is 10.8 Å². The summed E-state index contributed by atoms with van der Waals surface area (Å²) in [5.41, 5.74) is 1.49. The minimum atomic E-state index is -1.03. The maximum atomic E-state index is 12.9. The molecule has 0 saturated heterocycles. The van der Waals surface area contributed by atoms with E-state index in [0.29, 0.717) is 16.3 Å². The molecule has 0 radical (unpaired) electrons. The summed E-state index contributed by atoms with van der Waals surface area (Å²) in [4.78, 5) is 36.4. The molecule has 1 unspecified atom stereocenters. The average Bonchev–Trinajstić information content (AvgIpc) is 2.64. The van der Waals surface area contributed by atoms with Crippen molar-refractivity contribution in [2.75, 3.05) is 0 Å². The topological polar surface area (TPSA) is 101 Å². The fraction of sp³-hybridized carbons (Fsp3) is 0.200. The van der Waals surface area contributed by atoms with Crippen molar-refractivity contribution in [2.24, 2.45) is 7.05 Å². The first-order chi connectivity index (χ1) is 12.9. The number of benzene rings is 2. The monoisotopic (exact) mass is 365 g/mol. The predicted octanol–water partition coefficient (Wildman–Crippen LogP) is 2.19. The Hall–Kier alpha value is -3.48. The van der Waals surface area contributed by atoms with Crippen LogP contribution < -0.4 is 10.9 Å². The molecule has 7 nitrogen and oxygen atoms in total. The van der Waals surface area contributed by atoms with Crippen LogP contribution in [0.2, 0.25) is 0 Å². The molecule has 0 spiro atoms.